The molecule has 24 heavy (non-hydrogen) atoms. The maximum atomic E-state index is 13.0. The summed E-state index contributed by atoms with van der Waals surface area (Å²) in [4.78, 5) is 28.0. The van der Waals surface area contributed by atoms with E-state index in [9.17, 15) is 9.59 Å². The predicted molar refractivity (Wildman–Crippen MR) is 98.2 cm³/mol. The van der Waals surface area contributed by atoms with Gasteiger partial charge in [-0.25, -0.2) is 0 Å². The van der Waals surface area contributed by atoms with Gasteiger partial charge in [0.25, 0.3) is 0 Å². The lowest BCUT2D eigenvalue weighted by molar-refractivity contribution is -0.145. The van der Waals surface area contributed by atoms with Crippen LogP contribution in [0.3, 0.4) is 0 Å². The van der Waals surface area contributed by atoms with Crippen molar-refractivity contribution >= 4 is 35.6 Å². The van der Waals surface area contributed by atoms with Crippen LogP contribution in [0.25, 0.3) is 0 Å². The molecule has 1 aromatic heterocycles. The Balaban J connectivity index is 0.00000208. The Morgan fingerprint density at radius 1 is 1.38 bits per heavy atom. The van der Waals surface area contributed by atoms with Crippen LogP contribution in [0.2, 0.25) is 0 Å². The van der Waals surface area contributed by atoms with Crippen LogP contribution in [0.15, 0.2) is 17.5 Å². The first-order chi connectivity index (χ1) is 11.2. The van der Waals surface area contributed by atoms with Gasteiger partial charge in [-0.15, -0.1) is 23.7 Å². The molecule has 2 heterocycles. The zero-order valence-electron chi connectivity index (χ0n) is 13.8. The number of carbonyl (C=O) groups excluding carboxylic acids is 2. The number of rotatable bonds is 4. The van der Waals surface area contributed by atoms with Gasteiger partial charge in [0.1, 0.15) is 6.04 Å². The Labute approximate surface area is 153 Å². The fraction of sp³-hybridized carbons (Fsp3) is 0.647. The van der Waals surface area contributed by atoms with E-state index in [1.165, 1.54) is 17.8 Å². The second-order valence-corrected chi connectivity index (χ2v) is 7.72. The van der Waals surface area contributed by atoms with Gasteiger partial charge in [-0.2, -0.15) is 0 Å². The van der Waals surface area contributed by atoms with Gasteiger partial charge in [0, 0.05) is 24.4 Å². The van der Waals surface area contributed by atoms with E-state index < -0.39 is 6.04 Å². The number of hydrogen-bond donors (Lipinski definition) is 2. The first-order valence-corrected chi connectivity index (χ1v) is 9.34. The summed E-state index contributed by atoms with van der Waals surface area (Å²) in [7, 11) is 0. The van der Waals surface area contributed by atoms with Crippen LogP contribution in [0, 0.1) is 5.41 Å². The van der Waals surface area contributed by atoms with Crippen molar-refractivity contribution in [1.82, 2.24) is 10.2 Å². The lowest BCUT2D eigenvalue weighted by Gasteiger charge is -2.40. The number of piperazine rings is 1. The van der Waals surface area contributed by atoms with Crippen LogP contribution in [0.5, 0.6) is 0 Å². The molecule has 1 unspecified atom stereocenters. The van der Waals surface area contributed by atoms with Gasteiger partial charge in [0.15, 0.2) is 0 Å². The monoisotopic (exact) mass is 371 g/mol. The first kappa shape index (κ1) is 19.2. The van der Waals surface area contributed by atoms with Gasteiger partial charge in [-0.1, -0.05) is 25.3 Å². The van der Waals surface area contributed by atoms with Crippen LogP contribution in [-0.4, -0.2) is 36.3 Å². The van der Waals surface area contributed by atoms with Crippen molar-refractivity contribution in [2.75, 3.05) is 19.6 Å². The zero-order valence-corrected chi connectivity index (χ0v) is 15.5. The molecule has 3 N–H and O–H groups in total. The number of amides is 2. The van der Waals surface area contributed by atoms with Gasteiger partial charge in [0.05, 0.1) is 0 Å². The van der Waals surface area contributed by atoms with Crippen LogP contribution in [-0.2, 0) is 9.59 Å². The van der Waals surface area contributed by atoms with Crippen LogP contribution < -0.4 is 11.1 Å². The maximum absolute atomic E-state index is 13.0. The summed E-state index contributed by atoms with van der Waals surface area (Å²) in [6.45, 7) is 1.66. The van der Waals surface area contributed by atoms with Crippen molar-refractivity contribution in [3.05, 3.63) is 22.4 Å². The lowest BCUT2D eigenvalue weighted by atomic mass is 9.71. The molecule has 3 rings (SSSR count). The first-order valence-electron chi connectivity index (χ1n) is 8.46. The average Bonchev–Trinajstić information content (AvgIpc) is 3.09. The molecule has 0 spiro atoms. The van der Waals surface area contributed by atoms with Crippen molar-refractivity contribution in [1.29, 1.82) is 0 Å². The number of carbonyl (C=O) groups is 2. The number of nitrogens with two attached hydrogens (primary N) is 1. The highest BCUT2D eigenvalue weighted by molar-refractivity contribution is 7.10. The van der Waals surface area contributed by atoms with Gasteiger partial charge < -0.3 is 16.0 Å². The molecule has 2 amide bonds. The molecule has 7 heteroatoms. The molecule has 2 fully saturated rings. The summed E-state index contributed by atoms with van der Waals surface area (Å²) >= 11 is 1.53. The SMILES string of the molecule is Cl.NCC1(CC(=O)N2CCNC(=O)C2c2cccs2)CCCCC1. The summed E-state index contributed by atoms with van der Waals surface area (Å²) < 4.78 is 0. The van der Waals surface area contributed by atoms with Crippen LogP contribution in [0.1, 0.15) is 49.4 Å². The third-order valence-corrected chi connectivity index (χ3v) is 6.14. The summed E-state index contributed by atoms with van der Waals surface area (Å²) in [6, 6.07) is 3.38. The highest BCUT2D eigenvalue weighted by Crippen LogP contribution is 2.40. The van der Waals surface area contributed by atoms with E-state index in [1.54, 1.807) is 4.90 Å². The Bertz CT molecular complexity index is 558. The summed E-state index contributed by atoms with van der Waals surface area (Å²) in [5.74, 6) is 0.00286. The third kappa shape index (κ3) is 3.92. The fourth-order valence-electron chi connectivity index (χ4n) is 3.84. The molecule has 0 radical (unpaired) electrons. The Hall–Kier alpha value is -1.11. The molecule has 0 bridgehead atoms. The Morgan fingerprint density at radius 2 is 2.12 bits per heavy atom. The number of thiophene rings is 1. The molecule has 1 aliphatic carbocycles. The van der Waals surface area contributed by atoms with E-state index >= 15 is 0 Å². The number of hydrogen-bond acceptors (Lipinski definition) is 4. The molecule has 0 aromatic carbocycles. The largest absolute Gasteiger partial charge is 0.352 e. The minimum atomic E-state index is -0.477. The molecule has 2 aliphatic rings. The van der Waals surface area contributed by atoms with Gasteiger partial charge >= 0.3 is 0 Å². The Morgan fingerprint density at radius 3 is 2.75 bits per heavy atom. The van der Waals surface area contributed by atoms with Gasteiger partial charge in [0.2, 0.25) is 11.8 Å². The molecule has 134 valence electrons. The molecule has 1 saturated carbocycles. The minimum absolute atomic E-state index is 0. The van der Waals surface area contributed by atoms with E-state index in [0.717, 1.165) is 30.6 Å². The lowest BCUT2D eigenvalue weighted by Crippen LogP contribution is -2.53. The third-order valence-electron chi connectivity index (χ3n) is 5.22. The zero-order chi connectivity index (χ0) is 16.3. The predicted octanol–water partition coefficient (Wildman–Crippen LogP) is 2.47. The maximum Gasteiger partial charge on any atom is 0.248 e. The molecular formula is C17H26ClN3O2S. The van der Waals surface area contributed by atoms with Crippen molar-refractivity contribution in [3.8, 4) is 0 Å². The van der Waals surface area contributed by atoms with Crippen molar-refractivity contribution in [2.24, 2.45) is 11.1 Å². The van der Waals surface area contributed by atoms with Crippen molar-refractivity contribution in [3.63, 3.8) is 0 Å². The molecule has 1 aromatic rings. The summed E-state index contributed by atoms with van der Waals surface area (Å²) in [5.41, 5.74) is 5.96. The topological polar surface area (TPSA) is 75.4 Å². The standard InChI is InChI=1S/C17H25N3O2S.ClH/c18-12-17(6-2-1-3-7-17)11-14(21)20-9-8-19-16(22)15(20)13-5-4-10-23-13;/h4-5,10,15H,1-3,6-9,11-12,18H2,(H,19,22);1H. The Kier molecular flexibility index (Phi) is 6.66. The van der Waals surface area contributed by atoms with E-state index in [-0.39, 0.29) is 29.6 Å². The molecular weight excluding hydrogens is 346 g/mol. The van der Waals surface area contributed by atoms with Gasteiger partial charge in [-0.05, 0) is 36.2 Å². The summed E-state index contributed by atoms with van der Waals surface area (Å²) in [6.07, 6.45) is 6.06. The average molecular weight is 372 g/mol. The van der Waals surface area contributed by atoms with Gasteiger partial charge in [-0.3, -0.25) is 9.59 Å². The highest BCUT2D eigenvalue weighted by atomic mass is 35.5. The van der Waals surface area contributed by atoms with E-state index in [2.05, 4.69) is 5.32 Å². The number of halogens is 1. The minimum Gasteiger partial charge on any atom is -0.352 e. The van der Waals surface area contributed by atoms with Crippen molar-refractivity contribution < 1.29 is 9.59 Å². The highest BCUT2D eigenvalue weighted by Gasteiger charge is 2.39. The normalized spacial score (nSPS) is 23.3. The van der Waals surface area contributed by atoms with E-state index in [0.29, 0.717) is 26.1 Å². The second kappa shape index (κ2) is 8.32. The second-order valence-electron chi connectivity index (χ2n) is 6.74. The van der Waals surface area contributed by atoms with E-state index in [4.69, 9.17) is 5.73 Å². The molecule has 1 saturated heterocycles. The quantitative estimate of drug-likeness (QED) is 0.853. The number of nitrogens with one attached hydrogen (secondary N) is 1. The van der Waals surface area contributed by atoms with Crippen LogP contribution in [0.4, 0.5) is 0 Å². The van der Waals surface area contributed by atoms with E-state index in [1.807, 2.05) is 17.5 Å². The summed E-state index contributed by atoms with van der Waals surface area (Å²) in [5, 5.41) is 4.83. The fourth-order valence-corrected chi connectivity index (χ4v) is 4.68. The molecule has 5 nitrogen and oxygen atoms in total. The van der Waals surface area contributed by atoms with Crippen LogP contribution >= 0.6 is 23.7 Å². The molecule has 1 aliphatic heterocycles. The molecule has 1 atom stereocenters. The number of nitrogens with zero attached hydrogens (tertiary/aromatic N) is 1. The smallest absolute Gasteiger partial charge is 0.248 e. The van der Waals surface area contributed by atoms with Crippen molar-refractivity contribution in [2.45, 2.75) is 44.6 Å².